The van der Waals surface area contributed by atoms with Crippen molar-refractivity contribution in [1.29, 1.82) is 0 Å². The second-order valence-corrected chi connectivity index (χ2v) is 9.79. The molecule has 0 atom stereocenters. The molecule has 43 heavy (non-hydrogen) atoms. The van der Waals surface area contributed by atoms with E-state index in [1.54, 1.807) is 30.3 Å². The van der Waals surface area contributed by atoms with Gasteiger partial charge in [-0.25, -0.2) is 0 Å². The summed E-state index contributed by atoms with van der Waals surface area (Å²) in [6.07, 6.45) is 0. The SMILES string of the molecule is [2H]c1c([2H])c([2H])c(-c2c3c([2H])c([2H])c([2H])c([2H])c3c(-c3ccc4cc(-c5c([2H])c([2H])c([2H])c6oc7c([2H])c([2H])c([2H])c([2H])c7c56)ccc4c3)c3c([2H])c([2H])c([2H])c([2H])c23)c([2H])c1[2H]. The van der Waals surface area contributed by atoms with Crippen molar-refractivity contribution in [3.8, 4) is 33.4 Å². The minimum absolute atomic E-state index is 0.0411. The highest BCUT2D eigenvalue weighted by Crippen LogP contribution is 2.44. The average Bonchev–Trinajstić information content (AvgIpc) is 3.67. The van der Waals surface area contributed by atoms with E-state index < -0.39 is 132 Å². The minimum atomic E-state index is -0.773. The lowest BCUT2D eigenvalue weighted by Crippen LogP contribution is -1.90. The Morgan fingerprint density at radius 1 is 0.395 bits per heavy atom. The maximum Gasteiger partial charge on any atom is 0.136 e. The lowest BCUT2D eigenvalue weighted by molar-refractivity contribution is 0.669. The first-order valence-corrected chi connectivity index (χ1v) is 13.1. The molecule has 0 aliphatic carbocycles. The second kappa shape index (κ2) is 9.44. The highest BCUT2D eigenvalue weighted by molar-refractivity contribution is 6.22. The molecular weight excluding hydrogens is 520 g/mol. The molecule has 0 N–H and O–H groups in total. The monoisotopic (exact) mass is 566 g/mol. The van der Waals surface area contributed by atoms with Gasteiger partial charge in [0.25, 0.3) is 0 Å². The van der Waals surface area contributed by atoms with Crippen LogP contribution in [0.4, 0.5) is 0 Å². The van der Waals surface area contributed by atoms with Crippen LogP contribution in [0, 0.1) is 0 Å². The fourth-order valence-electron chi connectivity index (χ4n) is 5.67. The number of hydrogen-bond donors (Lipinski definition) is 0. The van der Waals surface area contributed by atoms with Crippen molar-refractivity contribution in [2.75, 3.05) is 0 Å². The van der Waals surface area contributed by atoms with Crippen molar-refractivity contribution in [2.24, 2.45) is 0 Å². The van der Waals surface area contributed by atoms with Crippen molar-refractivity contribution in [2.45, 2.75) is 0 Å². The van der Waals surface area contributed by atoms with E-state index in [-0.39, 0.29) is 60.2 Å². The molecule has 0 saturated carbocycles. The van der Waals surface area contributed by atoms with Crippen LogP contribution < -0.4 is 0 Å². The largest absolute Gasteiger partial charge is 0.456 e. The molecule has 0 amide bonds. The Hall–Kier alpha value is -5.66. The summed E-state index contributed by atoms with van der Waals surface area (Å²) in [5, 5.41) is -0.234. The molecule has 1 aromatic heterocycles. The number of para-hydroxylation sites is 1. The lowest BCUT2D eigenvalue weighted by Gasteiger charge is -2.18. The Morgan fingerprint density at radius 2 is 0.907 bits per heavy atom. The Kier molecular flexibility index (Phi) is 2.54. The zero-order valence-corrected chi connectivity index (χ0v) is 21.9. The second-order valence-electron chi connectivity index (χ2n) is 9.79. The van der Waals surface area contributed by atoms with E-state index in [1.807, 2.05) is 0 Å². The quantitative estimate of drug-likeness (QED) is 0.194. The van der Waals surface area contributed by atoms with Gasteiger partial charge < -0.3 is 4.42 Å². The maximum atomic E-state index is 9.22. The summed E-state index contributed by atoms with van der Waals surface area (Å²) in [7, 11) is 0. The molecule has 1 heterocycles. The van der Waals surface area contributed by atoms with Crippen LogP contribution in [0.25, 0.3) is 87.6 Å². The summed E-state index contributed by atoms with van der Waals surface area (Å²) in [4.78, 5) is 0. The number of rotatable bonds is 3. The van der Waals surface area contributed by atoms with Crippen LogP contribution in [0.1, 0.15) is 27.4 Å². The third-order valence-corrected chi connectivity index (χ3v) is 7.49. The number of fused-ring (bicyclic) bond motifs is 6. The molecule has 0 saturated heterocycles. The number of benzene rings is 8. The topological polar surface area (TPSA) is 13.1 Å². The van der Waals surface area contributed by atoms with Crippen molar-refractivity contribution < 1.29 is 31.8 Å². The zero-order chi connectivity index (χ0) is 45.7. The van der Waals surface area contributed by atoms with E-state index in [0.29, 0.717) is 16.3 Å². The molecule has 0 radical (unpaired) electrons. The summed E-state index contributed by atoms with van der Waals surface area (Å²) in [5.74, 6) is 0. The van der Waals surface area contributed by atoms with E-state index in [1.165, 1.54) is 6.07 Å². The van der Waals surface area contributed by atoms with Gasteiger partial charge >= 0.3 is 0 Å². The minimum Gasteiger partial charge on any atom is -0.456 e. The van der Waals surface area contributed by atoms with Gasteiger partial charge in [-0.2, -0.15) is 0 Å². The van der Waals surface area contributed by atoms with Crippen molar-refractivity contribution >= 4 is 54.3 Å². The fraction of sp³-hybridized carbons (Fsp3) is 0. The van der Waals surface area contributed by atoms with Gasteiger partial charge in [0, 0.05) is 10.8 Å². The van der Waals surface area contributed by atoms with Gasteiger partial charge in [0.05, 0.1) is 27.4 Å². The zero-order valence-electron chi connectivity index (χ0n) is 41.9. The Morgan fingerprint density at radius 3 is 1.58 bits per heavy atom. The van der Waals surface area contributed by atoms with E-state index in [9.17, 15) is 2.74 Å². The fourth-order valence-corrected chi connectivity index (χ4v) is 5.67. The van der Waals surface area contributed by atoms with Crippen molar-refractivity contribution in [3.63, 3.8) is 0 Å². The molecule has 9 aromatic rings. The average molecular weight is 567 g/mol. The predicted octanol–water partition coefficient (Wildman–Crippen LogP) is 12.0. The molecule has 0 aliphatic rings. The smallest absolute Gasteiger partial charge is 0.136 e. The number of furan rings is 1. The summed E-state index contributed by atoms with van der Waals surface area (Å²) in [5.41, 5.74) is -0.837. The van der Waals surface area contributed by atoms with Crippen LogP contribution in [-0.2, 0) is 0 Å². The van der Waals surface area contributed by atoms with Gasteiger partial charge in [0.1, 0.15) is 11.2 Å². The highest BCUT2D eigenvalue weighted by Gasteiger charge is 2.17. The lowest BCUT2D eigenvalue weighted by atomic mass is 9.85. The summed E-state index contributed by atoms with van der Waals surface area (Å²) in [6.45, 7) is 0. The standard InChI is InChI=1S/C42H26O/c1-2-11-27(12-3-1)40-33-13-4-6-15-35(33)41(36-16-7-5-14-34(36)40)31-24-22-28-25-30(23-21-29(28)26-31)32-18-10-20-39-42(32)37-17-8-9-19-38(37)43-39/h1-26H/i1D,2D,3D,4D,5D,6D,7D,8D,9D,10D,11D,12D,13D,14D,15D,16D,17D,18D,19D,20D. The van der Waals surface area contributed by atoms with Crippen molar-refractivity contribution in [1.82, 2.24) is 0 Å². The first-order chi connectivity index (χ1) is 29.6. The Balaban J connectivity index is 1.40. The maximum absolute atomic E-state index is 9.22. The predicted molar refractivity (Wildman–Crippen MR) is 183 cm³/mol. The van der Waals surface area contributed by atoms with E-state index in [2.05, 4.69) is 0 Å². The molecule has 1 nitrogen and oxygen atoms in total. The molecule has 0 bridgehead atoms. The summed E-state index contributed by atoms with van der Waals surface area (Å²) >= 11 is 0. The Labute approximate surface area is 277 Å². The molecule has 0 aliphatic heterocycles. The molecule has 200 valence electrons. The van der Waals surface area contributed by atoms with Gasteiger partial charge in [-0.15, -0.1) is 0 Å². The van der Waals surface area contributed by atoms with Crippen molar-refractivity contribution in [3.05, 3.63) is 157 Å². The normalized spacial score (nSPS) is 18.2. The molecule has 0 unspecified atom stereocenters. The summed E-state index contributed by atoms with van der Waals surface area (Å²) < 4.78 is 180. The molecule has 0 fully saturated rings. The molecule has 1 heteroatoms. The first kappa shape index (κ1) is 11.6. The van der Waals surface area contributed by atoms with Gasteiger partial charge in [-0.1, -0.05) is 133 Å². The van der Waals surface area contributed by atoms with E-state index in [0.717, 1.165) is 0 Å². The summed E-state index contributed by atoms with van der Waals surface area (Å²) in [6, 6.07) is -3.21. The third-order valence-electron chi connectivity index (χ3n) is 7.49. The highest BCUT2D eigenvalue weighted by atomic mass is 16.3. The molecular formula is C42H26O. The van der Waals surface area contributed by atoms with Gasteiger partial charge in [0.2, 0.25) is 0 Å². The van der Waals surface area contributed by atoms with Gasteiger partial charge in [0.15, 0.2) is 0 Å². The molecule has 0 spiro atoms. The van der Waals surface area contributed by atoms with Gasteiger partial charge in [-0.3, -0.25) is 0 Å². The van der Waals surface area contributed by atoms with E-state index >= 15 is 0 Å². The third kappa shape index (κ3) is 3.72. The van der Waals surface area contributed by atoms with Crippen LogP contribution in [0.2, 0.25) is 0 Å². The van der Waals surface area contributed by atoms with E-state index in [4.69, 9.17) is 29.1 Å². The first-order valence-electron chi connectivity index (χ1n) is 23.1. The number of hydrogen-bond acceptors (Lipinski definition) is 1. The Bertz CT molecular complexity index is 3520. The van der Waals surface area contributed by atoms with Crippen LogP contribution in [-0.4, -0.2) is 0 Å². The van der Waals surface area contributed by atoms with Crippen LogP contribution in [0.3, 0.4) is 0 Å². The van der Waals surface area contributed by atoms with Crippen LogP contribution in [0.5, 0.6) is 0 Å². The molecule has 8 aromatic carbocycles. The van der Waals surface area contributed by atoms with Crippen LogP contribution >= 0.6 is 0 Å². The van der Waals surface area contributed by atoms with Gasteiger partial charge in [-0.05, 0) is 89.9 Å². The molecule has 9 rings (SSSR count). The van der Waals surface area contributed by atoms with Crippen LogP contribution in [0.15, 0.2) is 162 Å².